The van der Waals surface area contributed by atoms with Gasteiger partial charge in [0.2, 0.25) is 5.95 Å². The van der Waals surface area contributed by atoms with Crippen molar-refractivity contribution in [3.63, 3.8) is 0 Å². The van der Waals surface area contributed by atoms with Crippen molar-refractivity contribution in [2.75, 3.05) is 12.3 Å². The summed E-state index contributed by atoms with van der Waals surface area (Å²) < 4.78 is 1.93. The number of aliphatic hydroxyl groups excluding tert-OH is 1. The Bertz CT molecular complexity index is 638. The Balaban J connectivity index is 2.06. The quantitative estimate of drug-likeness (QED) is 0.643. The summed E-state index contributed by atoms with van der Waals surface area (Å²) in [4.78, 5) is 12.3. The van der Waals surface area contributed by atoms with Gasteiger partial charge in [0.25, 0.3) is 0 Å². The van der Waals surface area contributed by atoms with E-state index in [1.165, 1.54) is 0 Å². The van der Waals surface area contributed by atoms with Crippen LogP contribution < -0.4 is 5.73 Å². The summed E-state index contributed by atoms with van der Waals surface area (Å²) in [5.74, 6) is 0.403. The van der Waals surface area contributed by atoms with Crippen molar-refractivity contribution < 1.29 is 5.11 Å². The van der Waals surface area contributed by atoms with Gasteiger partial charge >= 0.3 is 0 Å². The van der Waals surface area contributed by atoms with E-state index in [9.17, 15) is 5.11 Å². The van der Waals surface area contributed by atoms with Gasteiger partial charge in [-0.15, -0.1) is 0 Å². The van der Waals surface area contributed by atoms with E-state index in [4.69, 9.17) is 17.3 Å². The average Bonchev–Trinajstić information content (AvgIpc) is 2.82. The van der Waals surface area contributed by atoms with Gasteiger partial charge in [-0.25, -0.2) is 4.98 Å². The standard InChI is InChI=1S/C12H14ClN5O/c13-10-9-11(17-12(14)16-10)18(6-15-9)8-3-1-2-7(4-8)5-19/h1,3,6-8,19H,2,4-5H2,(H2,14,16,17)/t7-,8-/m1/s1. The van der Waals surface area contributed by atoms with Gasteiger partial charge in [0.1, 0.15) is 5.52 Å². The summed E-state index contributed by atoms with van der Waals surface area (Å²) in [6, 6.07) is 0.112. The van der Waals surface area contributed by atoms with E-state index in [1.807, 2.05) is 4.57 Å². The molecule has 0 saturated carbocycles. The molecule has 2 aromatic rings. The molecule has 0 radical (unpaired) electrons. The molecule has 0 saturated heterocycles. The molecule has 0 aromatic carbocycles. The van der Waals surface area contributed by atoms with Crippen LogP contribution in [0.5, 0.6) is 0 Å². The van der Waals surface area contributed by atoms with Gasteiger partial charge in [0.15, 0.2) is 10.8 Å². The first-order chi connectivity index (χ1) is 9.19. The lowest BCUT2D eigenvalue weighted by molar-refractivity contribution is 0.204. The molecule has 2 heterocycles. The fraction of sp³-hybridized carbons (Fsp3) is 0.417. The summed E-state index contributed by atoms with van der Waals surface area (Å²) in [5.41, 5.74) is 6.81. The van der Waals surface area contributed by atoms with Crippen LogP contribution in [0, 0.1) is 5.92 Å². The number of imidazole rings is 1. The Morgan fingerprint density at radius 3 is 3.11 bits per heavy atom. The van der Waals surface area contributed by atoms with Crippen molar-refractivity contribution in [3.05, 3.63) is 23.6 Å². The smallest absolute Gasteiger partial charge is 0.223 e. The fourth-order valence-electron chi connectivity index (χ4n) is 2.44. The molecule has 2 atom stereocenters. The molecule has 100 valence electrons. The molecule has 0 fully saturated rings. The number of fused-ring (bicyclic) bond motifs is 1. The number of halogens is 1. The zero-order valence-corrected chi connectivity index (χ0v) is 11.0. The van der Waals surface area contributed by atoms with Crippen LogP contribution in [0.15, 0.2) is 18.5 Å². The number of nitrogens with two attached hydrogens (primary N) is 1. The SMILES string of the molecule is Nc1nc(Cl)c2ncn([C@@H]3C=CC[C@@H](CO)C3)c2n1. The summed E-state index contributed by atoms with van der Waals surface area (Å²) >= 11 is 6.01. The summed E-state index contributed by atoms with van der Waals surface area (Å²) in [6.07, 6.45) is 7.61. The van der Waals surface area contributed by atoms with Crippen LogP contribution in [0.2, 0.25) is 5.15 Å². The fourth-order valence-corrected chi connectivity index (χ4v) is 2.66. The number of aliphatic hydroxyl groups is 1. The predicted molar refractivity (Wildman–Crippen MR) is 72.7 cm³/mol. The topological polar surface area (TPSA) is 89.8 Å². The molecule has 3 rings (SSSR count). The highest BCUT2D eigenvalue weighted by Gasteiger charge is 2.21. The molecule has 0 amide bonds. The number of aromatic nitrogens is 4. The molecule has 7 heteroatoms. The second-order valence-corrected chi connectivity index (χ2v) is 5.07. The normalized spacial score (nSPS) is 23.1. The van der Waals surface area contributed by atoms with E-state index >= 15 is 0 Å². The molecular weight excluding hydrogens is 266 g/mol. The third-order valence-electron chi connectivity index (χ3n) is 3.41. The number of nitrogen functional groups attached to an aromatic ring is 1. The molecule has 1 aliphatic rings. The molecular formula is C12H14ClN5O. The van der Waals surface area contributed by atoms with Crippen molar-refractivity contribution in [2.45, 2.75) is 18.9 Å². The number of nitrogens with zero attached hydrogens (tertiary/aromatic N) is 4. The largest absolute Gasteiger partial charge is 0.396 e. The lowest BCUT2D eigenvalue weighted by Crippen LogP contribution is -2.18. The highest BCUT2D eigenvalue weighted by molar-refractivity contribution is 6.33. The first-order valence-corrected chi connectivity index (χ1v) is 6.50. The van der Waals surface area contributed by atoms with Crippen LogP contribution in [-0.2, 0) is 0 Å². The Kier molecular flexibility index (Phi) is 3.12. The van der Waals surface area contributed by atoms with Gasteiger partial charge in [-0.3, -0.25) is 0 Å². The zero-order valence-electron chi connectivity index (χ0n) is 10.2. The van der Waals surface area contributed by atoms with E-state index in [0.717, 1.165) is 12.8 Å². The van der Waals surface area contributed by atoms with Crippen molar-refractivity contribution in [2.24, 2.45) is 5.92 Å². The zero-order chi connectivity index (χ0) is 13.4. The molecule has 0 bridgehead atoms. The second kappa shape index (κ2) is 4.79. The minimum atomic E-state index is 0.112. The van der Waals surface area contributed by atoms with Gasteiger partial charge in [-0.1, -0.05) is 23.8 Å². The Morgan fingerprint density at radius 1 is 1.47 bits per heavy atom. The van der Waals surface area contributed by atoms with Crippen LogP contribution in [0.4, 0.5) is 5.95 Å². The lowest BCUT2D eigenvalue weighted by Gasteiger charge is -2.24. The van der Waals surface area contributed by atoms with E-state index < -0.39 is 0 Å². The predicted octanol–water partition coefficient (Wildman–Crippen LogP) is 1.56. The Labute approximate surface area is 114 Å². The van der Waals surface area contributed by atoms with E-state index in [2.05, 4.69) is 27.1 Å². The molecule has 2 aromatic heterocycles. The first-order valence-electron chi connectivity index (χ1n) is 6.12. The Hall–Kier alpha value is -1.66. The van der Waals surface area contributed by atoms with Gasteiger partial charge in [0.05, 0.1) is 12.4 Å². The maximum absolute atomic E-state index is 9.28. The molecule has 1 aliphatic carbocycles. The van der Waals surface area contributed by atoms with Crippen LogP contribution in [0.3, 0.4) is 0 Å². The number of anilines is 1. The maximum atomic E-state index is 9.28. The molecule has 3 N–H and O–H groups in total. The van der Waals surface area contributed by atoms with Crippen LogP contribution in [-0.4, -0.2) is 31.2 Å². The summed E-state index contributed by atoms with van der Waals surface area (Å²) in [7, 11) is 0. The van der Waals surface area contributed by atoms with E-state index in [-0.39, 0.29) is 29.7 Å². The van der Waals surface area contributed by atoms with E-state index in [1.54, 1.807) is 6.33 Å². The molecule has 0 spiro atoms. The van der Waals surface area contributed by atoms with Crippen molar-refractivity contribution >= 4 is 28.7 Å². The van der Waals surface area contributed by atoms with Gasteiger partial charge in [0, 0.05) is 6.61 Å². The molecule has 0 unspecified atom stereocenters. The van der Waals surface area contributed by atoms with Gasteiger partial charge < -0.3 is 15.4 Å². The maximum Gasteiger partial charge on any atom is 0.223 e. The molecule has 19 heavy (non-hydrogen) atoms. The van der Waals surface area contributed by atoms with E-state index in [0.29, 0.717) is 11.2 Å². The second-order valence-electron chi connectivity index (χ2n) is 4.71. The number of hydrogen-bond acceptors (Lipinski definition) is 5. The number of rotatable bonds is 2. The minimum absolute atomic E-state index is 0.112. The summed E-state index contributed by atoms with van der Waals surface area (Å²) in [6.45, 7) is 0.186. The number of hydrogen-bond donors (Lipinski definition) is 2. The van der Waals surface area contributed by atoms with Crippen LogP contribution in [0.25, 0.3) is 11.2 Å². The monoisotopic (exact) mass is 279 g/mol. The van der Waals surface area contributed by atoms with Gasteiger partial charge in [-0.05, 0) is 18.8 Å². The lowest BCUT2D eigenvalue weighted by atomic mass is 9.91. The van der Waals surface area contributed by atoms with Crippen LogP contribution >= 0.6 is 11.6 Å². The van der Waals surface area contributed by atoms with Crippen molar-refractivity contribution in [1.29, 1.82) is 0 Å². The molecule has 6 nitrogen and oxygen atoms in total. The summed E-state index contributed by atoms with van der Waals surface area (Å²) in [5, 5.41) is 9.55. The van der Waals surface area contributed by atoms with Crippen molar-refractivity contribution in [1.82, 2.24) is 19.5 Å². The third kappa shape index (κ3) is 2.17. The number of allylic oxidation sites excluding steroid dienone is 2. The first kappa shape index (κ1) is 12.4. The van der Waals surface area contributed by atoms with Crippen LogP contribution in [0.1, 0.15) is 18.9 Å². The van der Waals surface area contributed by atoms with Gasteiger partial charge in [-0.2, -0.15) is 9.97 Å². The van der Waals surface area contributed by atoms with Crippen molar-refractivity contribution in [3.8, 4) is 0 Å². The highest BCUT2D eigenvalue weighted by atomic mass is 35.5. The minimum Gasteiger partial charge on any atom is -0.396 e. The highest BCUT2D eigenvalue weighted by Crippen LogP contribution is 2.30. The molecule has 0 aliphatic heterocycles. The Morgan fingerprint density at radius 2 is 2.32 bits per heavy atom. The third-order valence-corrected chi connectivity index (χ3v) is 3.68. The average molecular weight is 280 g/mol.